The van der Waals surface area contributed by atoms with Crippen LogP contribution in [0.5, 0.6) is 0 Å². The second kappa shape index (κ2) is 16.0. The van der Waals surface area contributed by atoms with Crippen molar-refractivity contribution in [2.45, 2.75) is 148 Å². The van der Waals surface area contributed by atoms with E-state index in [2.05, 4.69) is 73.1 Å². The van der Waals surface area contributed by atoms with Crippen LogP contribution >= 0.6 is 15.9 Å². The normalized spacial score (nSPS) is 13.7. The molecule has 36 heavy (non-hydrogen) atoms. The highest BCUT2D eigenvalue weighted by Crippen LogP contribution is 2.55. The third kappa shape index (κ3) is 7.96. The molecule has 1 aliphatic rings. The molecular formula is C35H53Br. The van der Waals surface area contributed by atoms with Gasteiger partial charge >= 0.3 is 0 Å². The number of rotatable bonds is 19. The maximum Gasteiger partial charge on any atom is 0.0215 e. The molecule has 0 fully saturated rings. The van der Waals surface area contributed by atoms with Crippen LogP contribution in [0.15, 0.2) is 40.9 Å². The minimum Gasteiger partial charge on any atom is -0.0654 e. The Morgan fingerprint density at radius 2 is 1.00 bits per heavy atom. The molecule has 0 unspecified atom stereocenters. The van der Waals surface area contributed by atoms with Crippen molar-refractivity contribution >= 4 is 15.9 Å². The van der Waals surface area contributed by atoms with Crippen molar-refractivity contribution in [2.75, 3.05) is 0 Å². The fraction of sp³-hybridized carbons (Fsp3) is 0.657. The SMILES string of the molecule is CCCCCCCCCCc1ccc2c(c1)C(CCCCCC)(CCCCCC)c1cc(Br)ccc1-2. The summed E-state index contributed by atoms with van der Waals surface area (Å²) in [5.41, 5.74) is 8.04. The molecule has 0 saturated heterocycles. The molecule has 0 aromatic heterocycles. The highest BCUT2D eigenvalue weighted by molar-refractivity contribution is 9.10. The summed E-state index contributed by atoms with van der Waals surface area (Å²) in [4.78, 5) is 0. The van der Waals surface area contributed by atoms with Gasteiger partial charge in [-0.05, 0) is 65.6 Å². The summed E-state index contributed by atoms with van der Waals surface area (Å²) < 4.78 is 1.24. The number of fused-ring (bicyclic) bond motifs is 3. The van der Waals surface area contributed by atoms with Gasteiger partial charge in [-0.25, -0.2) is 0 Å². The third-order valence-electron chi connectivity index (χ3n) is 8.62. The molecule has 1 heteroatoms. The second-order valence-electron chi connectivity index (χ2n) is 11.5. The van der Waals surface area contributed by atoms with Crippen LogP contribution < -0.4 is 0 Å². The molecule has 0 nitrogen and oxygen atoms in total. The number of unbranched alkanes of at least 4 members (excludes halogenated alkanes) is 13. The molecule has 3 rings (SSSR count). The average Bonchev–Trinajstić information content (AvgIpc) is 3.14. The van der Waals surface area contributed by atoms with Gasteiger partial charge in [-0.1, -0.05) is 157 Å². The lowest BCUT2D eigenvalue weighted by Crippen LogP contribution is -2.25. The fourth-order valence-electron chi connectivity index (χ4n) is 6.50. The molecule has 0 saturated carbocycles. The predicted molar refractivity (Wildman–Crippen MR) is 164 cm³/mol. The third-order valence-corrected chi connectivity index (χ3v) is 9.11. The molecule has 2 aromatic rings. The van der Waals surface area contributed by atoms with E-state index in [4.69, 9.17) is 0 Å². The van der Waals surface area contributed by atoms with Gasteiger partial charge in [0.05, 0.1) is 0 Å². The summed E-state index contributed by atoms with van der Waals surface area (Å²) in [6.07, 6.45) is 25.8. The first-order valence-corrected chi connectivity index (χ1v) is 16.4. The van der Waals surface area contributed by atoms with E-state index in [1.165, 1.54) is 138 Å². The Kier molecular flexibility index (Phi) is 13.1. The summed E-state index contributed by atoms with van der Waals surface area (Å²) in [7, 11) is 0. The highest BCUT2D eigenvalue weighted by atomic mass is 79.9. The van der Waals surface area contributed by atoms with Crippen molar-refractivity contribution in [3.8, 4) is 11.1 Å². The zero-order valence-electron chi connectivity index (χ0n) is 23.8. The molecule has 0 radical (unpaired) electrons. The van der Waals surface area contributed by atoms with Crippen LogP contribution in [0.3, 0.4) is 0 Å². The zero-order chi connectivity index (χ0) is 25.6. The van der Waals surface area contributed by atoms with Gasteiger partial charge in [0, 0.05) is 9.89 Å². The molecule has 0 amide bonds. The lowest BCUT2D eigenvalue weighted by molar-refractivity contribution is 0.400. The highest BCUT2D eigenvalue weighted by Gasteiger charge is 2.42. The van der Waals surface area contributed by atoms with E-state index in [0.29, 0.717) is 0 Å². The number of benzene rings is 2. The summed E-state index contributed by atoms with van der Waals surface area (Å²) >= 11 is 3.83. The maximum absolute atomic E-state index is 3.83. The molecule has 0 spiro atoms. The number of halogens is 1. The smallest absolute Gasteiger partial charge is 0.0215 e. The largest absolute Gasteiger partial charge is 0.0654 e. The minimum absolute atomic E-state index is 0.200. The molecule has 0 atom stereocenters. The summed E-state index contributed by atoms with van der Waals surface area (Å²) in [6, 6.07) is 14.7. The Labute approximate surface area is 232 Å². The van der Waals surface area contributed by atoms with Crippen LogP contribution in [-0.4, -0.2) is 0 Å². The van der Waals surface area contributed by atoms with E-state index in [-0.39, 0.29) is 5.41 Å². The van der Waals surface area contributed by atoms with Gasteiger partial charge < -0.3 is 0 Å². The van der Waals surface area contributed by atoms with E-state index in [9.17, 15) is 0 Å². The summed E-state index contributed by atoms with van der Waals surface area (Å²) in [6.45, 7) is 6.96. The first-order valence-electron chi connectivity index (χ1n) is 15.6. The van der Waals surface area contributed by atoms with E-state index >= 15 is 0 Å². The lowest BCUT2D eigenvalue weighted by Gasteiger charge is -2.33. The van der Waals surface area contributed by atoms with Gasteiger partial charge in [-0.3, -0.25) is 0 Å². The first-order chi connectivity index (χ1) is 17.7. The predicted octanol–water partition coefficient (Wildman–Crippen LogP) is 12.3. The number of hydrogen-bond acceptors (Lipinski definition) is 0. The Hall–Kier alpha value is -1.08. The Balaban J connectivity index is 1.79. The van der Waals surface area contributed by atoms with Crippen molar-refractivity contribution in [1.29, 1.82) is 0 Å². The fourth-order valence-corrected chi connectivity index (χ4v) is 6.86. The standard InChI is InChI=1S/C35H53Br/c1-4-7-10-13-14-15-16-17-20-29-21-23-31-32-24-22-30(36)28-34(32)35(33(31)27-29,25-18-11-8-5-2)26-19-12-9-6-3/h21-24,27-28H,4-20,25-26H2,1-3H3. The van der Waals surface area contributed by atoms with Gasteiger partial charge in [0.2, 0.25) is 0 Å². The molecule has 0 N–H and O–H groups in total. The lowest BCUT2D eigenvalue weighted by atomic mass is 9.70. The maximum atomic E-state index is 3.83. The molecular weight excluding hydrogens is 500 g/mol. The molecule has 1 aliphatic carbocycles. The minimum atomic E-state index is 0.200. The van der Waals surface area contributed by atoms with Gasteiger partial charge in [0.1, 0.15) is 0 Å². The van der Waals surface area contributed by atoms with Crippen LogP contribution in [0.2, 0.25) is 0 Å². The monoisotopic (exact) mass is 552 g/mol. The molecule has 0 aliphatic heterocycles. The van der Waals surface area contributed by atoms with Gasteiger partial charge in [0.15, 0.2) is 0 Å². The van der Waals surface area contributed by atoms with Crippen LogP contribution in [0.25, 0.3) is 11.1 Å². The molecule has 0 heterocycles. The quantitative estimate of drug-likeness (QED) is 0.152. The first kappa shape index (κ1) is 29.5. The molecule has 0 bridgehead atoms. The van der Waals surface area contributed by atoms with Crippen molar-refractivity contribution in [1.82, 2.24) is 0 Å². The van der Waals surface area contributed by atoms with Gasteiger partial charge in [-0.2, -0.15) is 0 Å². The molecule has 200 valence electrons. The second-order valence-corrected chi connectivity index (χ2v) is 12.4. The summed E-state index contributed by atoms with van der Waals surface area (Å²) in [5, 5.41) is 0. The van der Waals surface area contributed by atoms with Gasteiger partial charge in [-0.15, -0.1) is 0 Å². The van der Waals surface area contributed by atoms with Crippen LogP contribution in [0.1, 0.15) is 153 Å². The van der Waals surface area contributed by atoms with E-state index < -0.39 is 0 Å². The Bertz CT molecular complexity index is 883. The number of hydrogen-bond donors (Lipinski definition) is 0. The topological polar surface area (TPSA) is 0 Å². The number of aryl methyl sites for hydroxylation is 1. The zero-order valence-corrected chi connectivity index (χ0v) is 25.4. The average molecular weight is 554 g/mol. The molecule has 2 aromatic carbocycles. The van der Waals surface area contributed by atoms with Gasteiger partial charge in [0.25, 0.3) is 0 Å². The van der Waals surface area contributed by atoms with E-state index in [0.717, 1.165) is 0 Å². The van der Waals surface area contributed by atoms with Crippen LogP contribution in [-0.2, 0) is 11.8 Å². The van der Waals surface area contributed by atoms with E-state index in [1.54, 1.807) is 16.7 Å². The van der Waals surface area contributed by atoms with E-state index in [1.807, 2.05) is 0 Å². The van der Waals surface area contributed by atoms with Crippen LogP contribution in [0.4, 0.5) is 0 Å². The van der Waals surface area contributed by atoms with Crippen molar-refractivity contribution in [3.05, 3.63) is 57.6 Å². The Morgan fingerprint density at radius 3 is 1.58 bits per heavy atom. The van der Waals surface area contributed by atoms with Crippen molar-refractivity contribution < 1.29 is 0 Å². The van der Waals surface area contributed by atoms with Crippen molar-refractivity contribution in [2.24, 2.45) is 0 Å². The van der Waals surface area contributed by atoms with Crippen LogP contribution in [0, 0.1) is 0 Å². The summed E-state index contributed by atoms with van der Waals surface area (Å²) in [5.74, 6) is 0. The Morgan fingerprint density at radius 1 is 0.528 bits per heavy atom. The van der Waals surface area contributed by atoms with Crippen molar-refractivity contribution in [3.63, 3.8) is 0 Å².